The second-order valence-electron chi connectivity index (χ2n) is 6.98. The molecular formula is C19H31N3O2. The molecule has 2 saturated heterocycles. The molecule has 0 amide bonds. The first-order valence-electron chi connectivity index (χ1n) is 9.11. The predicted octanol–water partition coefficient (Wildman–Crippen LogP) is 1.53. The smallest absolute Gasteiger partial charge is 0.123 e. The molecule has 0 N–H and O–H groups in total. The van der Waals surface area contributed by atoms with Crippen LogP contribution in [0.25, 0.3) is 0 Å². The van der Waals surface area contributed by atoms with Gasteiger partial charge >= 0.3 is 0 Å². The van der Waals surface area contributed by atoms with Crippen molar-refractivity contribution in [1.29, 1.82) is 0 Å². The van der Waals surface area contributed by atoms with Crippen molar-refractivity contribution >= 4 is 0 Å². The quantitative estimate of drug-likeness (QED) is 0.755. The van der Waals surface area contributed by atoms with Crippen molar-refractivity contribution in [2.75, 3.05) is 66.6 Å². The molecule has 0 bridgehead atoms. The second kappa shape index (κ2) is 8.81. The number of hydrogen-bond donors (Lipinski definition) is 0. The molecule has 1 aromatic rings. The fourth-order valence-corrected chi connectivity index (χ4v) is 3.51. The highest BCUT2D eigenvalue weighted by atomic mass is 16.5. The van der Waals surface area contributed by atoms with Gasteiger partial charge in [-0.3, -0.25) is 9.80 Å². The maximum atomic E-state index is 6.12. The highest BCUT2D eigenvalue weighted by molar-refractivity contribution is 5.33. The molecule has 3 rings (SSSR count). The normalized spacial score (nSPS) is 23.7. The summed E-state index contributed by atoms with van der Waals surface area (Å²) in [5, 5.41) is 0. The van der Waals surface area contributed by atoms with E-state index >= 15 is 0 Å². The second-order valence-corrected chi connectivity index (χ2v) is 6.98. The Hall–Kier alpha value is -1.14. The molecule has 24 heavy (non-hydrogen) atoms. The Morgan fingerprint density at radius 3 is 2.58 bits per heavy atom. The zero-order chi connectivity index (χ0) is 16.8. The molecule has 1 aromatic carbocycles. The molecule has 1 unspecified atom stereocenters. The van der Waals surface area contributed by atoms with Crippen LogP contribution in [0.3, 0.4) is 0 Å². The van der Waals surface area contributed by atoms with Crippen molar-refractivity contribution in [1.82, 2.24) is 14.7 Å². The molecule has 5 nitrogen and oxygen atoms in total. The van der Waals surface area contributed by atoms with Crippen LogP contribution >= 0.6 is 0 Å². The van der Waals surface area contributed by atoms with Gasteiger partial charge in [0.2, 0.25) is 0 Å². The van der Waals surface area contributed by atoms with Crippen LogP contribution in [-0.2, 0) is 11.3 Å². The fourth-order valence-electron chi connectivity index (χ4n) is 3.51. The van der Waals surface area contributed by atoms with E-state index in [1.807, 2.05) is 7.11 Å². The molecule has 5 heteroatoms. The molecule has 0 aliphatic carbocycles. The van der Waals surface area contributed by atoms with Crippen LogP contribution in [0.2, 0.25) is 0 Å². The van der Waals surface area contributed by atoms with Gasteiger partial charge in [-0.15, -0.1) is 0 Å². The average Bonchev–Trinajstić information content (AvgIpc) is 3.06. The lowest BCUT2D eigenvalue weighted by molar-refractivity contribution is 0.107. The van der Waals surface area contributed by atoms with E-state index in [0.29, 0.717) is 6.10 Å². The van der Waals surface area contributed by atoms with Crippen LogP contribution in [0.4, 0.5) is 0 Å². The summed E-state index contributed by atoms with van der Waals surface area (Å²) in [6.45, 7) is 9.46. The number of nitrogens with zero attached hydrogens (tertiary/aromatic N) is 3. The summed E-state index contributed by atoms with van der Waals surface area (Å²) >= 11 is 0. The monoisotopic (exact) mass is 333 g/mol. The van der Waals surface area contributed by atoms with Gasteiger partial charge in [0, 0.05) is 65.0 Å². The Morgan fingerprint density at radius 1 is 1.04 bits per heavy atom. The van der Waals surface area contributed by atoms with Gasteiger partial charge in [0.25, 0.3) is 0 Å². The van der Waals surface area contributed by atoms with E-state index in [0.717, 1.165) is 71.1 Å². The van der Waals surface area contributed by atoms with E-state index in [1.165, 1.54) is 5.56 Å². The summed E-state index contributed by atoms with van der Waals surface area (Å²) in [6, 6.07) is 8.46. The maximum absolute atomic E-state index is 6.12. The van der Waals surface area contributed by atoms with Crippen molar-refractivity contribution in [3.63, 3.8) is 0 Å². The summed E-state index contributed by atoms with van der Waals surface area (Å²) in [4.78, 5) is 7.33. The molecule has 2 aliphatic rings. The van der Waals surface area contributed by atoms with Crippen LogP contribution in [0.5, 0.6) is 5.75 Å². The molecular weight excluding hydrogens is 302 g/mol. The Kier molecular flexibility index (Phi) is 6.49. The first-order chi connectivity index (χ1) is 11.7. The summed E-state index contributed by atoms with van der Waals surface area (Å²) in [5.74, 6) is 1.03. The number of hydrogen-bond acceptors (Lipinski definition) is 5. The molecule has 2 fully saturated rings. The van der Waals surface area contributed by atoms with Crippen molar-refractivity contribution in [2.24, 2.45) is 0 Å². The van der Waals surface area contributed by atoms with Gasteiger partial charge in [0.05, 0.1) is 6.10 Å². The molecule has 0 aromatic heterocycles. The molecule has 2 heterocycles. The third-order valence-electron chi connectivity index (χ3n) is 5.19. The predicted molar refractivity (Wildman–Crippen MR) is 96.6 cm³/mol. The highest BCUT2D eigenvalue weighted by Crippen LogP contribution is 2.22. The number of rotatable bonds is 7. The molecule has 0 saturated carbocycles. The fraction of sp³-hybridized carbons (Fsp3) is 0.684. The van der Waals surface area contributed by atoms with Crippen LogP contribution in [-0.4, -0.2) is 87.4 Å². The zero-order valence-electron chi connectivity index (χ0n) is 15.1. The lowest BCUT2D eigenvalue weighted by Crippen LogP contribution is -2.45. The summed E-state index contributed by atoms with van der Waals surface area (Å²) in [6.07, 6.45) is 1.51. The van der Waals surface area contributed by atoms with E-state index in [2.05, 4.69) is 46.0 Å². The lowest BCUT2D eigenvalue weighted by atomic mass is 10.2. The minimum absolute atomic E-state index is 0.385. The number of likely N-dealkylation sites (N-methyl/N-ethyl adjacent to an activating group) is 1. The number of likely N-dealkylation sites (tertiary alicyclic amines) is 1. The molecule has 0 spiro atoms. The van der Waals surface area contributed by atoms with Gasteiger partial charge in [-0.1, -0.05) is 18.2 Å². The van der Waals surface area contributed by atoms with Crippen LogP contribution < -0.4 is 4.74 Å². The lowest BCUT2D eigenvalue weighted by Gasteiger charge is -2.32. The first-order valence-corrected chi connectivity index (χ1v) is 9.11. The number of ether oxygens (including phenoxy) is 2. The summed E-state index contributed by atoms with van der Waals surface area (Å²) < 4.78 is 11.6. The topological polar surface area (TPSA) is 28.2 Å². The Balaban J connectivity index is 1.47. The van der Waals surface area contributed by atoms with Gasteiger partial charge in [0.1, 0.15) is 12.4 Å². The number of methoxy groups -OCH3 is 1. The highest BCUT2D eigenvalue weighted by Gasteiger charge is 2.22. The van der Waals surface area contributed by atoms with Crippen LogP contribution in [0, 0.1) is 0 Å². The molecule has 2 aliphatic heterocycles. The zero-order valence-corrected chi connectivity index (χ0v) is 15.1. The number of benzene rings is 1. The van der Waals surface area contributed by atoms with E-state index in [4.69, 9.17) is 9.47 Å². The minimum Gasteiger partial charge on any atom is -0.492 e. The van der Waals surface area contributed by atoms with Gasteiger partial charge in [-0.25, -0.2) is 0 Å². The van der Waals surface area contributed by atoms with Crippen molar-refractivity contribution in [2.45, 2.75) is 19.1 Å². The summed E-state index contributed by atoms with van der Waals surface area (Å²) in [5.41, 5.74) is 1.28. The molecule has 134 valence electrons. The standard InChI is InChI=1S/C19H31N3O2/c1-20-9-11-21(12-10-20)13-14-24-19-6-4-3-5-17(19)15-22-8-7-18(16-22)23-2/h3-6,18H,7-16H2,1-2H3. The summed E-state index contributed by atoms with van der Waals surface area (Å²) in [7, 11) is 4.00. The maximum Gasteiger partial charge on any atom is 0.123 e. The molecule has 1 atom stereocenters. The van der Waals surface area contributed by atoms with E-state index in [-0.39, 0.29) is 0 Å². The third-order valence-corrected chi connectivity index (χ3v) is 5.19. The number of piperazine rings is 1. The Bertz CT molecular complexity index is 503. The minimum atomic E-state index is 0.385. The van der Waals surface area contributed by atoms with E-state index in [9.17, 15) is 0 Å². The first kappa shape index (κ1) is 17.7. The van der Waals surface area contributed by atoms with Crippen molar-refractivity contribution < 1.29 is 9.47 Å². The SMILES string of the molecule is COC1CCN(Cc2ccccc2OCCN2CCN(C)CC2)C1. The van der Waals surface area contributed by atoms with Crippen molar-refractivity contribution in [3.05, 3.63) is 29.8 Å². The van der Waals surface area contributed by atoms with Gasteiger partial charge in [-0.2, -0.15) is 0 Å². The van der Waals surface area contributed by atoms with Crippen LogP contribution in [0.1, 0.15) is 12.0 Å². The van der Waals surface area contributed by atoms with E-state index < -0.39 is 0 Å². The van der Waals surface area contributed by atoms with Crippen LogP contribution in [0.15, 0.2) is 24.3 Å². The number of para-hydroxylation sites is 1. The third kappa shape index (κ3) is 4.93. The van der Waals surface area contributed by atoms with Gasteiger partial charge < -0.3 is 14.4 Å². The van der Waals surface area contributed by atoms with Crippen molar-refractivity contribution in [3.8, 4) is 5.75 Å². The van der Waals surface area contributed by atoms with E-state index in [1.54, 1.807) is 0 Å². The molecule has 0 radical (unpaired) electrons. The average molecular weight is 333 g/mol. The Labute approximate surface area is 146 Å². The van der Waals surface area contributed by atoms with Gasteiger partial charge in [0.15, 0.2) is 0 Å². The largest absolute Gasteiger partial charge is 0.492 e. The Morgan fingerprint density at radius 2 is 1.83 bits per heavy atom. The van der Waals surface area contributed by atoms with Gasteiger partial charge in [-0.05, 0) is 19.5 Å².